The standard InChI is InChI=1S/C12H10BrFN2O2/c1-6-7(2)16-18-12(6)15-11(17)8-4-3-5-9(14)10(8)13/h3-5H,1-2H3,(H,15,17). The van der Waals surface area contributed by atoms with Crippen molar-refractivity contribution in [2.75, 3.05) is 5.32 Å². The maximum Gasteiger partial charge on any atom is 0.259 e. The number of carbonyl (C=O) groups excluding carboxylic acids is 1. The van der Waals surface area contributed by atoms with Gasteiger partial charge in [-0.25, -0.2) is 4.39 Å². The van der Waals surface area contributed by atoms with Gasteiger partial charge >= 0.3 is 0 Å². The van der Waals surface area contributed by atoms with Crippen LogP contribution in [0.25, 0.3) is 0 Å². The molecule has 1 heterocycles. The third kappa shape index (κ3) is 2.28. The lowest BCUT2D eigenvalue weighted by Crippen LogP contribution is -2.13. The van der Waals surface area contributed by atoms with Crippen molar-refractivity contribution in [3.8, 4) is 0 Å². The Labute approximate surface area is 111 Å². The highest BCUT2D eigenvalue weighted by Gasteiger charge is 2.16. The van der Waals surface area contributed by atoms with Gasteiger partial charge in [-0.15, -0.1) is 0 Å². The van der Waals surface area contributed by atoms with Crippen LogP contribution in [0.4, 0.5) is 10.3 Å². The van der Waals surface area contributed by atoms with Gasteiger partial charge in [0.05, 0.1) is 15.7 Å². The summed E-state index contributed by atoms with van der Waals surface area (Å²) in [5.41, 5.74) is 1.64. The summed E-state index contributed by atoms with van der Waals surface area (Å²) in [6.07, 6.45) is 0. The number of aryl methyl sites for hydroxylation is 1. The Kier molecular flexibility index (Phi) is 3.47. The van der Waals surface area contributed by atoms with Crippen molar-refractivity contribution < 1.29 is 13.7 Å². The zero-order chi connectivity index (χ0) is 13.3. The first-order valence-electron chi connectivity index (χ1n) is 5.19. The maximum absolute atomic E-state index is 13.3. The summed E-state index contributed by atoms with van der Waals surface area (Å²) >= 11 is 3.04. The number of rotatable bonds is 2. The van der Waals surface area contributed by atoms with E-state index in [1.807, 2.05) is 0 Å². The highest BCUT2D eigenvalue weighted by Crippen LogP contribution is 2.23. The van der Waals surface area contributed by atoms with Gasteiger partial charge in [-0.05, 0) is 41.9 Å². The van der Waals surface area contributed by atoms with Gasteiger partial charge in [0.1, 0.15) is 5.82 Å². The zero-order valence-electron chi connectivity index (χ0n) is 9.75. The van der Waals surface area contributed by atoms with E-state index in [2.05, 4.69) is 26.4 Å². The third-order valence-corrected chi connectivity index (χ3v) is 3.39. The van der Waals surface area contributed by atoms with Crippen LogP contribution in [-0.2, 0) is 0 Å². The number of carbonyl (C=O) groups is 1. The summed E-state index contributed by atoms with van der Waals surface area (Å²) in [5, 5.41) is 6.28. The van der Waals surface area contributed by atoms with Crippen LogP contribution in [0.5, 0.6) is 0 Å². The molecule has 0 aliphatic carbocycles. The first-order chi connectivity index (χ1) is 8.50. The Morgan fingerprint density at radius 3 is 2.78 bits per heavy atom. The predicted octanol–water partition coefficient (Wildman–Crippen LogP) is 3.45. The van der Waals surface area contributed by atoms with Crippen LogP contribution in [0, 0.1) is 19.7 Å². The van der Waals surface area contributed by atoms with Crippen molar-refractivity contribution in [1.82, 2.24) is 5.16 Å². The monoisotopic (exact) mass is 312 g/mol. The number of hydrogen-bond acceptors (Lipinski definition) is 3. The minimum atomic E-state index is -0.492. The molecule has 2 aromatic rings. The summed E-state index contributed by atoms with van der Waals surface area (Å²) in [6, 6.07) is 4.25. The quantitative estimate of drug-likeness (QED) is 0.924. The second-order valence-corrected chi connectivity index (χ2v) is 4.57. The lowest BCUT2D eigenvalue weighted by Gasteiger charge is -2.05. The molecule has 0 saturated heterocycles. The van der Waals surface area contributed by atoms with E-state index in [-0.39, 0.29) is 15.9 Å². The van der Waals surface area contributed by atoms with Crippen molar-refractivity contribution in [2.45, 2.75) is 13.8 Å². The van der Waals surface area contributed by atoms with Crippen LogP contribution >= 0.6 is 15.9 Å². The zero-order valence-corrected chi connectivity index (χ0v) is 11.3. The molecule has 6 heteroatoms. The van der Waals surface area contributed by atoms with Crippen LogP contribution in [0.3, 0.4) is 0 Å². The fourth-order valence-corrected chi connectivity index (χ4v) is 1.83. The average Bonchev–Trinajstić information content (AvgIpc) is 2.64. The highest BCUT2D eigenvalue weighted by atomic mass is 79.9. The van der Waals surface area contributed by atoms with Crippen molar-refractivity contribution in [3.05, 3.63) is 45.3 Å². The third-order valence-electron chi connectivity index (χ3n) is 2.58. The number of aromatic nitrogens is 1. The molecule has 0 radical (unpaired) electrons. The van der Waals surface area contributed by atoms with E-state index >= 15 is 0 Å². The van der Waals surface area contributed by atoms with Gasteiger partial charge in [0.15, 0.2) is 0 Å². The SMILES string of the molecule is Cc1noc(NC(=O)c2cccc(F)c2Br)c1C. The van der Waals surface area contributed by atoms with Gasteiger partial charge < -0.3 is 4.52 Å². The molecule has 0 atom stereocenters. The highest BCUT2D eigenvalue weighted by molar-refractivity contribution is 9.10. The molecule has 0 saturated carbocycles. The molecule has 0 aliphatic rings. The Hall–Kier alpha value is -1.69. The second kappa shape index (κ2) is 4.89. The van der Waals surface area contributed by atoms with Crippen LogP contribution in [-0.4, -0.2) is 11.1 Å². The molecule has 18 heavy (non-hydrogen) atoms. The van der Waals surface area contributed by atoms with E-state index in [0.29, 0.717) is 5.69 Å². The molecule has 4 nitrogen and oxygen atoms in total. The lowest BCUT2D eigenvalue weighted by molar-refractivity contribution is 0.102. The molecule has 0 aliphatic heterocycles. The topological polar surface area (TPSA) is 55.1 Å². The largest absolute Gasteiger partial charge is 0.338 e. The Morgan fingerprint density at radius 2 is 2.17 bits per heavy atom. The Morgan fingerprint density at radius 1 is 1.44 bits per heavy atom. The Balaban J connectivity index is 2.28. The van der Waals surface area contributed by atoms with Crippen molar-refractivity contribution in [3.63, 3.8) is 0 Å². The normalized spacial score (nSPS) is 10.4. The van der Waals surface area contributed by atoms with E-state index in [4.69, 9.17) is 4.52 Å². The number of benzene rings is 1. The molecule has 0 fully saturated rings. The molecule has 0 unspecified atom stereocenters. The molecule has 1 N–H and O–H groups in total. The van der Waals surface area contributed by atoms with Gasteiger partial charge in [-0.3, -0.25) is 10.1 Å². The predicted molar refractivity (Wildman–Crippen MR) is 68.0 cm³/mol. The lowest BCUT2D eigenvalue weighted by atomic mass is 10.2. The molecule has 0 bridgehead atoms. The van der Waals surface area contributed by atoms with Gasteiger partial charge in [-0.1, -0.05) is 11.2 Å². The summed E-state index contributed by atoms with van der Waals surface area (Å²) in [7, 11) is 0. The first kappa shape index (κ1) is 12.8. The molecule has 0 spiro atoms. The molecular weight excluding hydrogens is 303 g/mol. The van der Waals surface area contributed by atoms with E-state index in [0.717, 1.165) is 5.56 Å². The van der Waals surface area contributed by atoms with E-state index < -0.39 is 11.7 Å². The van der Waals surface area contributed by atoms with Crippen LogP contribution in [0.15, 0.2) is 27.2 Å². The van der Waals surface area contributed by atoms with Crippen molar-refractivity contribution in [2.24, 2.45) is 0 Å². The summed E-state index contributed by atoms with van der Waals surface area (Å²) in [6.45, 7) is 3.55. The summed E-state index contributed by atoms with van der Waals surface area (Å²) in [5.74, 6) is -0.678. The summed E-state index contributed by atoms with van der Waals surface area (Å²) in [4.78, 5) is 12.0. The minimum Gasteiger partial charge on any atom is -0.338 e. The van der Waals surface area contributed by atoms with Crippen LogP contribution in [0.1, 0.15) is 21.6 Å². The van der Waals surface area contributed by atoms with Crippen LogP contribution < -0.4 is 5.32 Å². The molecule has 1 aromatic heterocycles. The Bertz CT molecular complexity index is 610. The minimum absolute atomic E-state index is 0.122. The number of hydrogen-bond donors (Lipinski definition) is 1. The number of nitrogens with zero attached hydrogens (tertiary/aromatic N) is 1. The number of nitrogens with one attached hydrogen (secondary N) is 1. The molecule has 1 amide bonds. The van der Waals surface area contributed by atoms with E-state index in [1.165, 1.54) is 18.2 Å². The van der Waals surface area contributed by atoms with Gasteiger partial charge in [0.2, 0.25) is 5.88 Å². The number of amides is 1. The van der Waals surface area contributed by atoms with Crippen LogP contribution in [0.2, 0.25) is 0 Å². The average molecular weight is 313 g/mol. The van der Waals surface area contributed by atoms with E-state index in [1.54, 1.807) is 13.8 Å². The fraction of sp³-hybridized carbons (Fsp3) is 0.167. The molecule has 1 aromatic carbocycles. The molecule has 2 rings (SSSR count). The summed E-state index contributed by atoms with van der Waals surface area (Å²) < 4.78 is 18.4. The van der Waals surface area contributed by atoms with Crippen molar-refractivity contribution in [1.29, 1.82) is 0 Å². The number of halogens is 2. The van der Waals surface area contributed by atoms with E-state index in [9.17, 15) is 9.18 Å². The fourth-order valence-electron chi connectivity index (χ4n) is 1.38. The number of anilines is 1. The van der Waals surface area contributed by atoms with Gasteiger partial charge in [0.25, 0.3) is 5.91 Å². The van der Waals surface area contributed by atoms with Crippen molar-refractivity contribution >= 4 is 27.7 Å². The molecule has 94 valence electrons. The smallest absolute Gasteiger partial charge is 0.259 e. The first-order valence-corrected chi connectivity index (χ1v) is 5.98. The van der Waals surface area contributed by atoms with Gasteiger partial charge in [0, 0.05) is 5.56 Å². The second-order valence-electron chi connectivity index (χ2n) is 3.78. The maximum atomic E-state index is 13.3. The molecular formula is C12H10BrFN2O2. The van der Waals surface area contributed by atoms with Gasteiger partial charge in [-0.2, -0.15) is 0 Å².